The van der Waals surface area contributed by atoms with Crippen molar-refractivity contribution >= 4 is 11.7 Å². The second-order valence-electron chi connectivity index (χ2n) is 8.37. The van der Waals surface area contributed by atoms with Gasteiger partial charge in [-0.3, -0.25) is 4.79 Å². The van der Waals surface area contributed by atoms with Crippen molar-refractivity contribution in [2.75, 3.05) is 44.3 Å². The molecule has 0 radical (unpaired) electrons. The number of rotatable bonds is 4. The van der Waals surface area contributed by atoms with E-state index in [1.165, 1.54) is 0 Å². The number of piperidine rings is 1. The van der Waals surface area contributed by atoms with Gasteiger partial charge in [0.1, 0.15) is 5.82 Å². The minimum Gasteiger partial charge on any atom is -0.378 e. The van der Waals surface area contributed by atoms with Crippen LogP contribution in [0.2, 0.25) is 0 Å². The minimum atomic E-state index is 0.0628. The van der Waals surface area contributed by atoms with Crippen molar-refractivity contribution in [3.05, 3.63) is 48.2 Å². The van der Waals surface area contributed by atoms with Gasteiger partial charge in [0, 0.05) is 43.9 Å². The van der Waals surface area contributed by atoms with Crippen LogP contribution >= 0.6 is 0 Å². The summed E-state index contributed by atoms with van der Waals surface area (Å²) in [5, 5.41) is 4.18. The first-order chi connectivity index (χ1) is 15.7. The van der Waals surface area contributed by atoms with E-state index in [0.717, 1.165) is 48.4 Å². The van der Waals surface area contributed by atoms with E-state index in [0.29, 0.717) is 38.0 Å². The molecule has 2 aliphatic rings. The summed E-state index contributed by atoms with van der Waals surface area (Å²) in [5.74, 6) is 2.16. The van der Waals surface area contributed by atoms with Gasteiger partial charge < -0.3 is 19.1 Å². The summed E-state index contributed by atoms with van der Waals surface area (Å²) in [6, 6.07) is 11.9. The highest BCUT2D eigenvalue weighted by Gasteiger charge is 2.31. The molecule has 8 nitrogen and oxygen atoms in total. The maximum absolute atomic E-state index is 12.8. The van der Waals surface area contributed by atoms with Gasteiger partial charge in [-0.2, -0.15) is 4.98 Å². The second-order valence-corrected chi connectivity index (χ2v) is 8.37. The van der Waals surface area contributed by atoms with Crippen LogP contribution in [0.1, 0.15) is 18.4 Å². The molecule has 1 aromatic carbocycles. The number of carbonyl (C=O) groups excluding carboxylic acids is 1. The van der Waals surface area contributed by atoms with Crippen LogP contribution in [-0.4, -0.2) is 65.3 Å². The quantitative estimate of drug-likeness (QED) is 0.625. The lowest BCUT2D eigenvalue weighted by Crippen LogP contribution is -2.47. The molecule has 0 N–H and O–H groups in total. The fraction of sp³-hybridized carbons (Fsp3) is 0.417. The third kappa shape index (κ3) is 4.23. The first-order valence-corrected chi connectivity index (χ1v) is 11.2. The van der Waals surface area contributed by atoms with Crippen LogP contribution in [0, 0.1) is 12.8 Å². The highest BCUT2D eigenvalue weighted by atomic mass is 16.5. The summed E-state index contributed by atoms with van der Waals surface area (Å²) in [7, 11) is 0. The molecule has 0 aliphatic carbocycles. The monoisotopic (exact) mass is 433 g/mol. The molecule has 5 rings (SSSR count). The molecule has 0 saturated carbocycles. The molecule has 0 spiro atoms. The zero-order valence-corrected chi connectivity index (χ0v) is 18.2. The van der Waals surface area contributed by atoms with Crippen molar-refractivity contribution in [2.45, 2.75) is 19.8 Å². The van der Waals surface area contributed by atoms with E-state index < -0.39 is 0 Å². The number of ether oxygens (including phenoxy) is 1. The van der Waals surface area contributed by atoms with Gasteiger partial charge in [0.05, 0.1) is 18.8 Å². The Balaban J connectivity index is 1.31. The largest absolute Gasteiger partial charge is 0.378 e. The molecule has 0 atom stereocenters. The lowest BCUT2D eigenvalue weighted by molar-refractivity contribution is -0.140. The minimum absolute atomic E-state index is 0.0628. The maximum atomic E-state index is 12.8. The van der Waals surface area contributed by atoms with E-state index >= 15 is 0 Å². The molecule has 2 fully saturated rings. The summed E-state index contributed by atoms with van der Waals surface area (Å²) in [4.78, 5) is 26.3. The van der Waals surface area contributed by atoms with Gasteiger partial charge in [-0.1, -0.05) is 28.9 Å². The third-order valence-electron chi connectivity index (χ3n) is 6.19. The highest BCUT2D eigenvalue weighted by Crippen LogP contribution is 2.32. The van der Waals surface area contributed by atoms with Gasteiger partial charge in [0.15, 0.2) is 0 Å². The molecule has 3 aromatic rings. The zero-order chi connectivity index (χ0) is 21.9. The zero-order valence-electron chi connectivity index (χ0n) is 18.2. The Hall–Kier alpha value is -3.26. The average molecular weight is 434 g/mol. The molecule has 1 amide bonds. The number of aromatic nitrogens is 3. The van der Waals surface area contributed by atoms with Crippen LogP contribution in [0.3, 0.4) is 0 Å². The van der Waals surface area contributed by atoms with Crippen molar-refractivity contribution in [1.29, 1.82) is 0 Å². The van der Waals surface area contributed by atoms with Gasteiger partial charge in [0.2, 0.25) is 11.7 Å². The van der Waals surface area contributed by atoms with E-state index in [2.05, 4.69) is 20.0 Å². The Kier molecular flexibility index (Phi) is 5.85. The van der Waals surface area contributed by atoms with Crippen LogP contribution in [-0.2, 0) is 9.53 Å². The van der Waals surface area contributed by atoms with Gasteiger partial charge in [-0.05, 0) is 38.0 Å². The maximum Gasteiger partial charge on any atom is 0.261 e. The SMILES string of the molecule is Cc1cccc(-c2noc(-c3cccnc3N3CCC(C(=O)N4CCOCC4)CC3)n2)c1. The topological polar surface area (TPSA) is 84.6 Å². The summed E-state index contributed by atoms with van der Waals surface area (Å²) in [6.07, 6.45) is 3.40. The number of pyridine rings is 1. The molecule has 2 aromatic heterocycles. The molecule has 32 heavy (non-hydrogen) atoms. The first-order valence-electron chi connectivity index (χ1n) is 11.2. The number of morpholine rings is 1. The molecule has 0 unspecified atom stereocenters. The Morgan fingerprint density at radius 3 is 2.66 bits per heavy atom. The molecular weight excluding hydrogens is 406 g/mol. The van der Waals surface area contributed by atoms with E-state index in [4.69, 9.17) is 9.26 Å². The third-order valence-corrected chi connectivity index (χ3v) is 6.19. The summed E-state index contributed by atoms with van der Waals surface area (Å²) in [6.45, 7) is 6.24. The lowest BCUT2D eigenvalue weighted by atomic mass is 9.94. The van der Waals surface area contributed by atoms with Crippen molar-refractivity contribution in [3.8, 4) is 22.8 Å². The summed E-state index contributed by atoms with van der Waals surface area (Å²) < 4.78 is 11.0. The molecule has 166 valence electrons. The predicted octanol–water partition coefficient (Wildman–Crippen LogP) is 3.18. The van der Waals surface area contributed by atoms with Gasteiger partial charge in [-0.15, -0.1) is 0 Å². The Morgan fingerprint density at radius 1 is 1.06 bits per heavy atom. The van der Waals surface area contributed by atoms with E-state index in [1.807, 2.05) is 48.2 Å². The van der Waals surface area contributed by atoms with Crippen LogP contribution < -0.4 is 4.90 Å². The number of aryl methyl sites for hydroxylation is 1. The van der Waals surface area contributed by atoms with Crippen molar-refractivity contribution in [2.24, 2.45) is 5.92 Å². The Morgan fingerprint density at radius 2 is 1.88 bits per heavy atom. The molecule has 2 saturated heterocycles. The van der Waals surface area contributed by atoms with E-state index in [-0.39, 0.29) is 11.8 Å². The van der Waals surface area contributed by atoms with Crippen LogP contribution in [0.4, 0.5) is 5.82 Å². The van der Waals surface area contributed by atoms with Gasteiger partial charge in [-0.25, -0.2) is 4.98 Å². The smallest absolute Gasteiger partial charge is 0.261 e. The normalized spacial score (nSPS) is 17.5. The van der Waals surface area contributed by atoms with E-state index in [9.17, 15) is 4.79 Å². The molecule has 2 aliphatic heterocycles. The molecular formula is C24H27N5O3. The predicted molar refractivity (Wildman–Crippen MR) is 120 cm³/mol. The number of nitrogens with zero attached hydrogens (tertiary/aromatic N) is 5. The molecule has 0 bridgehead atoms. The molecule has 8 heteroatoms. The Bertz CT molecular complexity index is 1080. The van der Waals surface area contributed by atoms with Crippen molar-refractivity contribution in [1.82, 2.24) is 20.0 Å². The average Bonchev–Trinajstić information content (AvgIpc) is 3.35. The first kappa shape index (κ1) is 20.6. The van der Waals surface area contributed by atoms with Crippen LogP contribution in [0.5, 0.6) is 0 Å². The second kappa shape index (κ2) is 9.08. The lowest BCUT2D eigenvalue weighted by Gasteiger charge is -2.36. The van der Waals surface area contributed by atoms with Crippen molar-refractivity contribution in [3.63, 3.8) is 0 Å². The van der Waals surface area contributed by atoms with E-state index in [1.54, 1.807) is 6.20 Å². The number of hydrogen-bond acceptors (Lipinski definition) is 7. The van der Waals surface area contributed by atoms with Gasteiger partial charge >= 0.3 is 0 Å². The molecule has 4 heterocycles. The highest BCUT2D eigenvalue weighted by molar-refractivity contribution is 5.79. The summed E-state index contributed by atoms with van der Waals surface area (Å²) in [5.41, 5.74) is 2.88. The number of anilines is 1. The van der Waals surface area contributed by atoms with Crippen molar-refractivity contribution < 1.29 is 14.1 Å². The summed E-state index contributed by atoms with van der Waals surface area (Å²) >= 11 is 0. The Labute approximate surface area is 187 Å². The van der Waals surface area contributed by atoms with Crippen LogP contribution in [0.15, 0.2) is 47.1 Å². The number of hydrogen-bond donors (Lipinski definition) is 0. The standard InChI is InChI=1S/C24H27N5O3/c1-17-4-2-5-19(16-17)21-26-23(32-27-21)20-6-3-9-25-22(20)28-10-7-18(8-11-28)24(30)29-12-14-31-15-13-29/h2-6,9,16,18H,7-8,10-15H2,1H3. The fourth-order valence-corrected chi connectivity index (χ4v) is 4.43. The van der Waals surface area contributed by atoms with Crippen LogP contribution in [0.25, 0.3) is 22.8 Å². The van der Waals surface area contributed by atoms with Gasteiger partial charge in [0.25, 0.3) is 5.89 Å². The number of benzene rings is 1. The number of carbonyl (C=O) groups is 1. The number of amides is 1. The fourth-order valence-electron chi connectivity index (χ4n) is 4.43.